The maximum atomic E-state index is 13.6. The second-order valence-corrected chi connectivity index (χ2v) is 7.37. The molecule has 0 saturated carbocycles. The van der Waals surface area contributed by atoms with Gasteiger partial charge >= 0.3 is 6.18 Å². The van der Waals surface area contributed by atoms with Gasteiger partial charge in [0.2, 0.25) is 0 Å². The molecule has 0 radical (unpaired) electrons. The molecule has 1 amide bonds. The third-order valence-electron chi connectivity index (χ3n) is 4.01. The number of benzene rings is 2. The molecule has 2 aromatic rings. The average molecular weight is 458 g/mol. The van der Waals surface area contributed by atoms with Crippen LogP contribution in [-0.2, 0) is 4.79 Å². The van der Waals surface area contributed by atoms with Gasteiger partial charge < -0.3 is 5.32 Å². The van der Waals surface area contributed by atoms with Gasteiger partial charge in [-0.05, 0) is 61.4 Å². The van der Waals surface area contributed by atoms with Gasteiger partial charge in [-0.25, -0.2) is 0 Å². The van der Waals surface area contributed by atoms with Crippen molar-refractivity contribution in [3.63, 3.8) is 0 Å². The van der Waals surface area contributed by atoms with Gasteiger partial charge in [-0.15, -0.1) is 0 Å². The number of Topliss-reactive ketones (excluding diaryl/α,β-unsaturated/α-hetero) is 1. The fraction of sp³-hybridized carbons (Fsp3) is 0.190. The highest BCUT2D eigenvalue weighted by atomic mass is 35.5. The van der Waals surface area contributed by atoms with E-state index in [0.717, 1.165) is 12.1 Å². The first-order valence-corrected chi connectivity index (χ1v) is 9.32. The van der Waals surface area contributed by atoms with E-state index in [1.807, 2.05) is 0 Å². The van der Waals surface area contributed by atoms with Crippen molar-refractivity contribution in [2.45, 2.75) is 20.0 Å². The van der Waals surface area contributed by atoms with Crippen LogP contribution in [0.4, 0.5) is 13.2 Å². The van der Waals surface area contributed by atoms with E-state index in [9.17, 15) is 27.6 Å². The quantitative estimate of drug-likeness (QED) is 0.463. The molecular weight excluding hydrogens is 442 g/mol. The first-order chi connectivity index (χ1) is 13.9. The van der Waals surface area contributed by atoms with Gasteiger partial charge in [0.1, 0.15) is 5.78 Å². The van der Waals surface area contributed by atoms with Gasteiger partial charge in [0, 0.05) is 21.2 Å². The number of alkyl halides is 3. The maximum Gasteiger partial charge on any atom is 0.417 e. The fourth-order valence-corrected chi connectivity index (χ4v) is 3.15. The second kappa shape index (κ2) is 9.45. The molecule has 0 atom stereocenters. The van der Waals surface area contributed by atoms with E-state index in [1.165, 1.54) is 38.1 Å². The molecule has 0 aliphatic rings. The van der Waals surface area contributed by atoms with Crippen LogP contribution in [0.2, 0.25) is 10.0 Å². The minimum atomic E-state index is -4.83. The third-order valence-corrected chi connectivity index (χ3v) is 4.44. The topological polar surface area (TPSA) is 63.2 Å². The summed E-state index contributed by atoms with van der Waals surface area (Å²) < 4.78 is 40.7. The van der Waals surface area contributed by atoms with Crippen molar-refractivity contribution in [2.24, 2.45) is 0 Å². The van der Waals surface area contributed by atoms with E-state index in [2.05, 4.69) is 5.32 Å². The minimum absolute atomic E-state index is 0.00290. The Labute approximate surface area is 180 Å². The Hall–Kier alpha value is -2.64. The number of hydrogen-bond acceptors (Lipinski definition) is 3. The van der Waals surface area contributed by atoms with Crippen LogP contribution in [0.25, 0.3) is 5.57 Å². The molecule has 1 N–H and O–H groups in total. The number of carbonyl (C=O) groups excluding carboxylic acids is 3. The Morgan fingerprint density at radius 1 is 1.00 bits per heavy atom. The third kappa shape index (κ3) is 6.18. The highest BCUT2D eigenvalue weighted by molar-refractivity contribution is 6.35. The maximum absolute atomic E-state index is 13.6. The molecule has 0 bridgehead atoms. The highest BCUT2D eigenvalue weighted by Crippen LogP contribution is 2.36. The minimum Gasteiger partial charge on any atom is -0.345 e. The largest absolute Gasteiger partial charge is 0.417 e. The number of rotatable bonds is 6. The van der Waals surface area contributed by atoms with Gasteiger partial charge in [-0.1, -0.05) is 29.3 Å². The first-order valence-electron chi connectivity index (χ1n) is 8.56. The van der Waals surface area contributed by atoms with Crippen LogP contribution >= 0.6 is 23.2 Å². The van der Waals surface area contributed by atoms with E-state index < -0.39 is 23.4 Å². The Morgan fingerprint density at radius 3 is 2.10 bits per heavy atom. The lowest BCUT2D eigenvalue weighted by Crippen LogP contribution is -2.28. The van der Waals surface area contributed by atoms with Crippen molar-refractivity contribution in [1.29, 1.82) is 0 Å². The summed E-state index contributed by atoms with van der Waals surface area (Å²) in [6.45, 7) is 2.69. The van der Waals surface area contributed by atoms with E-state index in [0.29, 0.717) is 11.6 Å². The number of carbonyl (C=O) groups is 3. The zero-order valence-corrected chi connectivity index (χ0v) is 17.4. The summed E-state index contributed by atoms with van der Waals surface area (Å²) in [5.41, 5.74) is -1.00. The van der Waals surface area contributed by atoms with Crippen LogP contribution in [-0.4, -0.2) is 30.2 Å². The van der Waals surface area contributed by atoms with Crippen molar-refractivity contribution < 1.29 is 27.6 Å². The smallest absolute Gasteiger partial charge is 0.345 e. The molecule has 2 aromatic carbocycles. The molecule has 9 heteroatoms. The van der Waals surface area contributed by atoms with Gasteiger partial charge in [-0.3, -0.25) is 14.4 Å². The summed E-state index contributed by atoms with van der Waals surface area (Å²) in [5, 5.41) is 2.41. The Bertz CT molecular complexity index is 1030. The van der Waals surface area contributed by atoms with Crippen LogP contribution in [0.1, 0.15) is 38.8 Å². The summed E-state index contributed by atoms with van der Waals surface area (Å²) in [7, 11) is 0. The highest BCUT2D eigenvalue weighted by Gasteiger charge is 2.35. The lowest BCUT2D eigenvalue weighted by molar-refractivity contribution is -0.116. The summed E-state index contributed by atoms with van der Waals surface area (Å²) in [6.07, 6.45) is -4.36. The van der Waals surface area contributed by atoms with Gasteiger partial charge in [0.25, 0.3) is 5.91 Å². The molecule has 2 rings (SSSR count). The summed E-state index contributed by atoms with van der Waals surface area (Å²) in [5.74, 6) is -1.67. The number of amides is 1. The monoisotopic (exact) mass is 457 g/mol. The molecule has 0 aromatic heterocycles. The molecule has 0 heterocycles. The molecule has 30 heavy (non-hydrogen) atoms. The molecule has 4 nitrogen and oxygen atoms in total. The first kappa shape index (κ1) is 23.6. The van der Waals surface area contributed by atoms with Crippen molar-refractivity contribution >= 4 is 46.2 Å². The molecule has 0 unspecified atom stereocenters. The number of allylic oxidation sites excluding steroid dienone is 2. The lowest BCUT2D eigenvalue weighted by atomic mass is 9.98. The standard InChI is InChI=1S/C21H16Cl2F3NO3/c1-11-5-13(3-4-17(11)20(30)27-10-12(2)28)19(29)9-18(21(24,25)26)14-6-15(22)8-16(23)7-14/h3-9H,10H2,1-2H3,(H,27,30)/b18-9-. The van der Waals surface area contributed by atoms with Crippen molar-refractivity contribution in [1.82, 2.24) is 5.32 Å². The number of halogens is 5. The summed E-state index contributed by atoms with van der Waals surface area (Å²) in [6, 6.07) is 7.27. The van der Waals surface area contributed by atoms with Crippen LogP contribution in [0.5, 0.6) is 0 Å². The number of ketones is 2. The summed E-state index contributed by atoms with van der Waals surface area (Å²) >= 11 is 11.6. The SMILES string of the molecule is CC(=O)CNC(=O)c1ccc(C(=O)/C=C(/c2cc(Cl)cc(Cl)c2)C(F)(F)F)cc1C. The van der Waals surface area contributed by atoms with Crippen molar-refractivity contribution in [3.05, 3.63) is 74.8 Å². The normalized spacial score (nSPS) is 11.9. The molecular formula is C21H16Cl2F3NO3. The van der Waals surface area contributed by atoms with Crippen LogP contribution in [0.15, 0.2) is 42.5 Å². The summed E-state index contributed by atoms with van der Waals surface area (Å²) in [4.78, 5) is 35.6. The average Bonchev–Trinajstić information content (AvgIpc) is 2.62. The van der Waals surface area contributed by atoms with Gasteiger partial charge in [0.15, 0.2) is 5.78 Å². The van der Waals surface area contributed by atoms with E-state index in [4.69, 9.17) is 23.2 Å². The van der Waals surface area contributed by atoms with E-state index in [1.54, 1.807) is 0 Å². The Balaban J connectivity index is 2.39. The van der Waals surface area contributed by atoms with Gasteiger partial charge in [0.05, 0.1) is 12.1 Å². The predicted octanol–water partition coefficient (Wildman–Crippen LogP) is 5.45. The lowest BCUT2D eigenvalue weighted by Gasteiger charge is -2.13. The molecule has 0 fully saturated rings. The van der Waals surface area contributed by atoms with Crippen LogP contribution < -0.4 is 5.32 Å². The zero-order valence-electron chi connectivity index (χ0n) is 15.9. The van der Waals surface area contributed by atoms with Crippen molar-refractivity contribution in [3.8, 4) is 0 Å². The van der Waals surface area contributed by atoms with E-state index in [-0.39, 0.29) is 39.1 Å². The number of hydrogen-bond donors (Lipinski definition) is 1. The zero-order chi connectivity index (χ0) is 22.6. The van der Waals surface area contributed by atoms with Crippen LogP contribution in [0, 0.1) is 6.92 Å². The van der Waals surface area contributed by atoms with Crippen LogP contribution in [0.3, 0.4) is 0 Å². The molecule has 0 aliphatic heterocycles. The molecule has 0 saturated heterocycles. The Morgan fingerprint density at radius 2 is 1.60 bits per heavy atom. The molecule has 0 aliphatic carbocycles. The number of aryl methyl sites for hydroxylation is 1. The van der Waals surface area contributed by atoms with E-state index >= 15 is 0 Å². The Kier molecular flexibility index (Phi) is 7.44. The second-order valence-electron chi connectivity index (χ2n) is 6.49. The van der Waals surface area contributed by atoms with Crippen molar-refractivity contribution in [2.75, 3.05) is 6.54 Å². The number of nitrogens with one attached hydrogen (secondary N) is 1. The molecule has 158 valence electrons. The van der Waals surface area contributed by atoms with Gasteiger partial charge in [-0.2, -0.15) is 13.2 Å². The molecule has 0 spiro atoms. The predicted molar refractivity (Wildman–Crippen MR) is 109 cm³/mol. The fourth-order valence-electron chi connectivity index (χ4n) is 2.62.